The van der Waals surface area contributed by atoms with E-state index < -0.39 is 28.2 Å². The molecule has 1 heterocycles. The number of benzene rings is 2. The molecule has 0 atom stereocenters. The third kappa shape index (κ3) is 3.45. The molecule has 0 bridgehead atoms. The quantitative estimate of drug-likeness (QED) is 0.337. The lowest BCUT2D eigenvalue weighted by molar-refractivity contribution is -0.386. The van der Waals surface area contributed by atoms with E-state index in [0.717, 1.165) is 17.2 Å². The summed E-state index contributed by atoms with van der Waals surface area (Å²) in [5.41, 5.74) is 1.88. The third-order valence-electron chi connectivity index (χ3n) is 3.86. The van der Waals surface area contributed by atoms with Crippen molar-refractivity contribution in [1.82, 2.24) is 5.43 Å². The Labute approximate surface area is 167 Å². The fraction of sp³-hybridized carbons (Fsp3) is 0.0588. The van der Waals surface area contributed by atoms with Crippen LogP contribution in [0.4, 0.5) is 11.4 Å². The third-order valence-corrected chi connectivity index (χ3v) is 4.60. The predicted octanol–water partition coefficient (Wildman–Crippen LogP) is 3.08. The number of carbonyl (C=O) groups is 2. The van der Waals surface area contributed by atoms with Crippen molar-refractivity contribution in [1.29, 1.82) is 0 Å². The van der Waals surface area contributed by atoms with Gasteiger partial charge in [-0.1, -0.05) is 23.2 Å². The highest BCUT2D eigenvalue weighted by atomic mass is 35.5. The zero-order chi connectivity index (χ0) is 20.6. The predicted molar refractivity (Wildman–Crippen MR) is 101 cm³/mol. The molecular weight excluding hydrogens is 413 g/mol. The number of rotatable bonds is 4. The van der Waals surface area contributed by atoms with E-state index in [4.69, 9.17) is 27.9 Å². The Balaban J connectivity index is 2.02. The number of nitrogens with zero attached hydrogens (tertiary/aromatic N) is 2. The number of hydrogen-bond donors (Lipinski definition) is 2. The molecule has 0 aromatic heterocycles. The molecule has 1 aliphatic heterocycles. The van der Waals surface area contributed by atoms with E-state index in [0.29, 0.717) is 0 Å². The van der Waals surface area contributed by atoms with E-state index in [2.05, 4.69) is 5.43 Å². The van der Waals surface area contributed by atoms with E-state index >= 15 is 0 Å². The van der Waals surface area contributed by atoms with Crippen molar-refractivity contribution in [2.45, 2.75) is 0 Å². The van der Waals surface area contributed by atoms with Crippen LogP contribution in [0.5, 0.6) is 11.5 Å². The minimum Gasteiger partial charge on any atom is -0.500 e. The zero-order valence-electron chi connectivity index (χ0n) is 14.1. The van der Waals surface area contributed by atoms with E-state index in [-0.39, 0.29) is 32.6 Å². The summed E-state index contributed by atoms with van der Waals surface area (Å²) in [5.74, 6) is -2.24. The first-order valence-electron chi connectivity index (χ1n) is 7.60. The first kappa shape index (κ1) is 19.5. The van der Waals surface area contributed by atoms with Crippen LogP contribution in [0, 0.1) is 10.1 Å². The van der Waals surface area contributed by atoms with Crippen molar-refractivity contribution in [2.75, 3.05) is 12.1 Å². The number of hydrogen-bond acceptors (Lipinski definition) is 6. The van der Waals surface area contributed by atoms with Crippen molar-refractivity contribution in [2.24, 2.45) is 0 Å². The number of amides is 2. The van der Waals surface area contributed by atoms with Gasteiger partial charge in [0.05, 0.1) is 27.8 Å². The van der Waals surface area contributed by atoms with Gasteiger partial charge in [0.25, 0.3) is 11.8 Å². The molecule has 0 unspecified atom stereocenters. The Kier molecular flexibility index (Phi) is 5.12. The van der Waals surface area contributed by atoms with Gasteiger partial charge in [-0.15, -0.1) is 0 Å². The number of ether oxygens (including phenoxy) is 1. The van der Waals surface area contributed by atoms with Gasteiger partial charge in [-0.2, -0.15) is 0 Å². The maximum Gasteiger partial charge on any atom is 0.315 e. The number of nitrogens with one attached hydrogen (secondary N) is 1. The first-order valence-corrected chi connectivity index (χ1v) is 8.36. The number of nitro groups is 1. The molecule has 2 amide bonds. The Morgan fingerprint density at radius 1 is 1.21 bits per heavy atom. The molecular formula is C17H11Cl2N3O6. The zero-order valence-corrected chi connectivity index (χ0v) is 15.6. The lowest BCUT2D eigenvalue weighted by atomic mass is 10.1. The monoisotopic (exact) mass is 423 g/mol. The van der Waals surface area contributed by atoms with Crippen molar-refractivity contribution in [3.05, 3.63) is 61.6 Å². The van der Waals surface area contributed by atoms with Crippen LogP contribution in [0.2, 0.25) is 10.0 Å². The van der Waals surface area contributed by atoms with Gasteiger partial charge in [0, 0.05) is 6.07 Å². The van der Waals surface area contributed by atoms with Crippen molar-refractivity contribution in [3.8, 4) is 11.5 Å². The van der Waals surface area contributed by atoms with Crippen LogP contribution in [0.1, 0.15) is 5.56 Å². The largest absolute Gasteiger partial charge is 0.500 e. The molecule has 2 aromatic rings. The van der Waals surface area contributed by atoms with Gasteiger partial charge in [-0.25, -0.2) is 5.01 Å². The molecule has 1 fully saturated rings. The van der Waals surface area contributed by atoms with Crippen LogP contribution in [0.3, 0.4) is 0 Å². The molecule has 28 heavy (non-hydrogen) atoms. The summed E-state index contributed by atoms with van der Waals surface area (Å²) in [6.07, 6.45) is 1.16. The molecule has 0 radical (unpaired) electrons. The lowest BCUT2D eigenvalue weighted by Crippen LogP contribution is -2.35. The number of nitro benzene ring substituents is 1. The molecule has 2 aromatic carbocycles. The van der Waals surface area contributed by atoms with Crippen LogP contribution >= 0.6 is 23.2 Å². The summed E-state index contributed by atoms with van der Waals surface area (Å²) in [5, 5.41) is 22.4. The summed E-state index contributed by atoms with van der Waals surface area (Å²) in [4.78, 5) is 35.2. The normalized spacial score (nSPS) is 15.1. The lowest BCUT2D eigenvalue weighted by Gasteiger charge is -2.15. The molecule has 1 aliphatic rings. The molecule has 2 N–H and O–H groups in total. The van der Waals surface area contributed by atoms with E-state index in [1.54, 1.807) is 0 Å². The minimum absolute atomic E-state index is 0.121. The standard InChI is InChI=1S/C17H11Cl2N3O6/c1-28-14-6-8(5-13(15(14)23)22(26)27)4-10-16(24)20-21(17(10)25)9-2-3-11(18)12(19)7-9/h2-7,23H,1H3,(H,20,24). The molecule has 0 saturated carbocycles. The van der Waals surface area contributed by atoms with Crippen LogP contribution in [-0.4, -0.2) is 29.0 Å². The van der Waals surface area contributed by atoms with Gasteiger partial charge < -0.3 is 9.84 Å². The topological polar surface area (TPSA) is 122 Å². The highest BCUT2D eigenvalue weighted by Crippen LogP contribution is 2.38. The summed E-state index contributed by atoms with van der Waals surface area (Å²) in [7, 11) is 1.22. The van der Waals surface area contributed by atoms with Crippen LogP contribution < -0.4 is 15.2 Å². The van der Waals surface area contributed by atoms with Crippen LogP contribution in [0.15, 0.2) is 35.9 Å². The summed E-state index contributed by atoms with van der Waals surface area (Å²) < 4.78 is 4.90. The van der Waals surface area contributed by atoms with Crippen molar-refractivity contribution in [3.63, 3.8) is 0 Å². The van der Waals surface area contributed by atoms with Crippen LogP contribution in [-0.2, 0) is 9.59 Å². The maximum absolute atomic E-state index is 12.6. The number of anilines is 1. The highest BCUT2D eigenvalue weighted by Gasteiger charge is 2.35. The second kappa shape index (κ2) is 7.37. The van der Waals surface area contributed by atoms with Crippen molar-refractivity contribution >= 4 is 52.5 Å². The Bertz CT molecular complexity index is 1050. The van der Waals surface area contributed by atoms with Gasteiger partial charge in [-0.3, -0.25) is 25.1 Å². The maximum atomic E-state index is 12.6. The van der Waals surface area contributed by atoms with E-state index in [1.807, 2.05) is 0 Å². The number of halogens is 2. The average molecular weight is 424 g/mol. The molecule has 1 saturated heterocycles. The van der Waals surface area contributed by atoms with E-state index in [9.17, 15) is 24.8 Å². The van der Waals surface area contributed by atoms with E-state index in [1.165, 1.54) is 31.4 Å². The SMILES string of the molecule is COc1cc(C=C2C(=O)NN(c3ccc(Cl)c(Cl)c3)C2=O)cc([N+](=O)[O-])c1O. The Hall–Kier alpha value is -3.30. The van der Waals surface area contributed by atoms with Gasteiger partial charge >= 0.3 is 5.69 Å². The van der Waals surface area contributed by atoms with Gasteiger partial charge in [0.2, 0.25) is 5.75 Å². The smallest absolute Gasteiger partial charge is 0.315 e. The average Bonchev–Trinajstić information content (AvgIpc) is 2.93. The fourth-order valence-corrected chi connectivity index (χ4v) is 2.81. The Morgan fingerprint density at radius 2 is 1.93 bits per heavy atom. The van der Waals surface area contributed by atoms with Crippen molar-refractivity contribution < 1.29 is 24.4 Å². The number of carbonyl (C=O) groups excluding carboxylic acids is 2. The number of aromatic hydroxyl groups is 1. The van der Waals surface area contributed by atoms with Gasteiger partial charge in [-0.05, 0) is 35.9 Å². The van der Waals surface area contributed by atoms with Crippen LogP contribution in [0.25, 0.3) is 6.08 Å². The highest BCUT2D eigenvalue weighted by molar-refractivity contribution is 6.42. The van der Waals surface area contributed by atoms with Gasteiger partial charge in [0.15, 0.2) is 5.75 Å². The molecule has 0 aliphatic carbocycles. The summed E-state index contributed by atoms with van der Waals surface area (Å²) >= 11 is 11.8. The number of phenolic OH excluding ortho intramolecular Hbond substituents is 1. The molecule has 11 heteroatoms. The summed E-state index contributed by atoms with van der Waals surface area (Å²) in [6, 6.07) is 6.64. The Morgan fingerprint density at radius 3 is 2.54 bits per heavy atom. The molecule has 144 valence electrons. The molecule has 9 nitrogen and oxygen atoms in total. The molecule has 0 spiro atoms. The number of phenols is 1. The number of hydrazine groups is 1. The first-order chi connectivity index (χ1) is 13.2. The second-order valence-electron chi connectivity index (χ2n) is 5.59. The second-order valence-corrected chi connectivity index (χ2v) is 6.40. The minimum atomic E-state index is -0.807. The molecule has 3 rings (SSSR count). The fourth-order valence-electron chi connectivity index (χ4n) is 2.52. The summed E-state index contributed by atoms with van der Waals surface area (Å²) in [6.45, 7) is 0. The number of methoxy groups -OCH3 is 1. The van der Waals surface area contributed by atoms with Gasteiger partial charge in [0.1, 0.15) is 5.57 Å².